The second-order valence-electron chi connectivity index (χ2n) is 9.97. The largest absolute Gasteiger partial charge is 0.354 e. The zero-order chi connectivity index (χ0) is 22.9. The van der Waals surface area contributed by atoms with Crippen LogP contribution >= 0.6 is 0 Å². The Hall–Kier alpha value is -3.16. The minimum absolute atomic E-state index is 0.0359. The van der Waals surface area contributed by atoms with Crippen LogP contribution in [0.4, 0.5) is 4.79 Å². The molecule has 2 atom stereocenters. The normalized spacial score (nSPS) is 24.6. The van der Waals surface area contributed by atoms with Crippen LogP contribution in [-0.4, -0.2) is 51.2 Å². The van der Waals surface area contributed by atoms with E-state index < -0.39 is 11.6 Å². The summed E-state index contributed by atoms with van der Waals surface area (Å²) in [5.74, 6) is -0.273. The van der Waals surface area contributed by atoms with Gasteiger partial charge < -0.3 is 10.6 Å². The number of benzene rings is 1. The molecule has 0 bridgehead atoms. The molecule has 2 N–H and O–H groups in total. The quantitative estimate of drug-likeness (QED) is 0.679. The zero-order valence-electron chi connectivity index (χ0n) is 18.9. The lowest BCUT2D eigenvalue weighted by Crippen LogP contribution is -2.54. The van der Waals surface area contributed by atoms with Gasteiger partial charge in [-0.05, 0) is 60.8 Å². The van der Waals surface area contributed by atoms with Gasteiger partial charge in [0.2, 0.25) is 5.91 Å². The Morgan fingerprint density at radius 3 is 2.62 bits per heavy atom. The number of carbonyl (C=O) groups excluding carboxylic acids is 3. The number of amides is 4. The van der Waals surface area contributed by atoms with Gasteiger partial charge in [-0.1, -0.05) is 32.9 Å². The number of imide groups is 1. The molecule has 2 heterocycles. The first-order valence-corrected chi connectivity index (χ1v) is 11.2. The van der Waals surface area contributed by atoms with E-state index in [1.54, 1.807) is 10.9 Å². The summed E-state index contributed by atoms with van der Waals surface area (Å²) >= 11 is 0. The van der Waals surface area contributed by atoms with Crippen molar-refractivity contribution >= 4 is 17.8 Å². The number of hydrogen-bond acceptors (Lipinski definition) is 4. The minimum Gasteiger partial charge on any atom is -0.354 e. The minimum atomic E-state index is -0.880. The van der Waals surface area contributed by atoms with Crippen molar-refractivity contribution in [1.29, 1.82) is 0 Å². The molecule has 2 aromatic rings. The summed E-state index contributed by atoms with van der Waals surface area (Å²) in [6, 6.07) is 9.34. The first-order valence-electron chi connectivity index (χ1n) is 11.2. The zero-order valence-corrected chi connectivity index (χ0v) is 18.9. The molecule has 0 radical (unpaired) electrons. The van der Waals surface area contributed by atoms with Crippen LogP contribution in [0.25, 0.3) is 5.69 Å². The molecule has 1 aliphatic carbocycles. The topological polar surface area (TPSA) is 96.3 Å². The van der Waals surface area contributed by atoms with Crippen molar-refractivity contribution in [2.24, 2.45) is 11.3 Å². The number of nitrogens with zero attached hydrogens (tertiary/aromatic N) is 3. The SMILES string of the molecule is CC1CC(C)(C)CC2(C1)NC(=O)N(CC(=O)NCCc1ccc(-n3cccn3)cc1)C2=O. The molecule has 1 saturated carbocycles. The van der Waals surface area contributed by atoms with Gasteiger partial charge in [0.1, 0.15) is 12.1 Å². The lowest BCUT2D eigenvalue weighted by atomic mass is 9.64. The van der Waals surface area contributed by atoms with Crippen LogP contribution in [0.2, 0.25) is 0 Å². The van der Waals surface area contributed by atoms with Crippen LogP contribution in [-0.2, 0) is 16.0 Å². The van der Waals surface area contributed by atoms with E-state index >= 15 is 0 Å². The number of nitrogens with one attached hydrogen (secondary N) is 2. The Labute approximate surface area is 188 Å². The molecular formula is C24H31N5O3. The number of rotatable bonds is 6. The van der Waals surface area contributed by atoms with Crippen LogP contribution < -0.4 is 10.6 Å². The molecule has 8 nitrogen and oxygen atoms in total. The Morgan fingerprint density at radius 2 is 1.97 bits per heavy atom. The molecule has 170 valence electrons. The van der Waals surface area contributed by atoms with Crippen molar-refractivity contribution in [2.45, 2.75) is 52.0 Å². The highest BCUT2D eigenvalue weighted by atomic mass is 16.2. The highest BCUT2D eigenvalue weighted by Crippen LogP contribution is 2.46. The fraction of sp³-hybridized carbons (Fsp3) is 0.500. The van der Waals surface area contributed by atoms with Crippen molar-refractivity contribution in [2.75, 3.05) is 13.1 Å². The van der Waals surface area contributed by atoms with Crippen molar-refractivity contribution < 1.29 is 14.4 Å². The van der Waals surface area contributed by atoms with Crippen LogP contribution in [0.15, 0.2) is 42.7 Å². The van der Waals surface area contributed by atoms with Crippen LogP contribution in [0.1, 0.15) is 45.6 Å². The van der Waals surface area contributed by atoms with Gasteiger partial charge >= 0.3 is 6.03 Å². The number of urea groups is 1. The molecule has 1 aliphatic heterocycles. The summed E-state index contributed by atoms with van der Waals surface area (Å²) in [5, 5.41) is 9.94. The van der Waals surface area contributed by atoms with Crippen molar-refractivity contribution in [3.8, 4) is 5.69 Å². The Morgan fingerprint density at radius 1 is 1.22 bits per heavy atom. The lowest BCUT2D eigenvalue weighted by Gasteiger charge is -2.43. The van der Waals surface area contributed by atoms with Crippen molar-refractivity contribution in [1.82, 2.24) is 25.3 Å². The van der Waals surface area contributed by atoms with E-state index in [-0.39, 0.29) is 23.8 Å². The molecule has 1 aromatic heterocycles. The van der Waals surface area contributed by atoms with Crippen LogP contribution in [0, 0.1) is 11.3 Å². The number of carbonyl (C=O) groups is 3. The molecule has 2 aliphatic rings. The van der Waals surface area contributed by atoms with E-state index in [0.717, 1.165) is 22.6 Å². The fourth-order valence-corrected chi connectivity index (χ4v) is 5.43. The second kappa shape index (κ2) is 8.41. The Bertz CT molecular complexity index is 999. The predicted octanol–water partition coefficient (Wildman–Crippen LogP) is 2.67. The van der Waals surface area contributed by atoms with Crippen molar-refractivity contribution in [3.05, 3.63) is 48.3 Å². The summed E-state index contributed by atoms with van der Waals surface area (Å²) < 4.78 is 1.78. The fourth-order valence-electron chi connectivity index (χ4n) is 5.43. The monoisotopic (exact) mass is 437 g/mol. The van der Waals surface area contributed by atoms with Gasteiger partial charge in [-0.3, -0.25) is 14.5 Å². The molecule has 1 spiro atoms. The predicted molar refractivity (Wildman–Crippen MR) is 120 cm³/mol. The first-order chi connectivity index (χ1) is 15.2. The van der Waals surface area contributed by atoms with Gasteiger partial charge in [0.15, 0.2) is 0 Å². The summed E-state index contributed by atoms with van der Waals surface area (Å²) in [7, 11) is 0. The van der Waals surface area contributed by atoms with E-state index in [9.17, 15) is 14.4 Å². The van der Waals surface area contributed by atoms with E-state index in [4.69, 9.17) is 0 Å². The van der Waals surface area contributed by atoms with Gasteiger partial charge in [0, 0.05) is 18.9 Å². The van der Waals surface area contributed by atoms with Crippen LogP contribution in [0.5, 0.6) is 0 Å². The summed E-state index contributed by atoms with van der Waals surface area (Å²) in [6.07, 6.45) is 6.49. The Kier molecular flexibility index (Phi) is 5.79. The average Bonchev–Trinajstić information content (AvgIpc) is 3.31. The third-order valence-electron chi connectivity index (χ3n) is 6.37. The van der Waals surface area contributed by atoms with Gasteiger partial charge in [-0.25, -0.2) is 9.48 Å². The molecule has 32 heavy (non-hydrogen) atoms. The summed E-state index contributed by atoms with van der Waals surface area (Å²) in [4.78, 5) is 39.2. The molecule has 4 amide bonds. The molecule has 1 aromatic carbocycles. The Balaban J connectivity index is 1.29. The molecule has 1 saturated heterocycles. The smallest absolute Gasteiger partial charge is 0.325 e. The molecular weight excluding hydrogens is 406 g/mol. The molecule has 8 heteroatoms. The highest BCUT2D eigenvalue weighted by molar-refractivity contribution is 6.09. The summed E-state index contributed by atoms with van der Waals surface area (Å²) in [5.41, 5.74) is 1.13. The maximum absolute atomic E-state index is 13.1. The van der Waals surface area contributed by atoms with Crippen molar-refractivity contribution in [3.63, 3.8) is 0 Å². The number of hydrogen-bond donors (Lipinski definition) is 2. The van der Waals surface area contributed by atoms with E-state index in [0.29, 0.717) is 31.7 Å². The molecule has 4 rings (SSSR count). The van der Waals surface area contributed by atoms with Crippen LogP contribution in [0.3, 0.4) is 0 Å². The third-order valence-corrected chi connectivity index (χ3v) is 6.37. The molecule has 2 unspecified atom stereocenters. The van der Waals surface area contributed by atoms with Gasteiger partial charge in [-0.15, -0.1) is 0 Å². The standard InChI is InChI=1S/C24H31N5O3/c1-17-13-23(2,3)16-24(14-17)21(31)28(22(32)27-24)15-20(30)25-11-9-18-5-7-19(8-6-18)29-12-4-10-26-29/h4-8,10,12,17H,9,11,13-16H2,1-3H3,(H,25,30)(H,27,32). The number of aromatic nitrogens is 2. The van der Waals surface area contributed by atoms with E-state index in [1.165, 1.54) is 0 Å². The third kappa shape index (κ3) is 4.54. The molecule has 2 fully saturated rings. The first kappa shape index (κ1) is 22.0. The van der Waals surface area contributed by atoms with Gasteiger partial charge in [0.05, 0.1) is 5.69 Å². The maximum Gasteiger partial charge on any atom is 0.325 e. The van der Waals surface area contributed by atoms with E-state index in [2.05, 4.69) is 36.5 Å². The van der Waals surface area contributed by atoms with E-state index in [1.807, 2.05) is 36.5 Å². The second-order valence-corrected chi connectivity index (χ2v) is 9.97. The summed E-state index contributed by atoms with van der Waals surface area (Å²) in [6.45, 7) is 6.54. The maximum atomic E-state index is 13.1. The lowest BCUT2D eigenvalue weighted by molar-refractivity contribution is -0.137. The van der Waals surface area contributed by atoms with Gasteiger partial charge in [-0.2, -0.15) is 5.10 Å². The highest BCUT2D eigenvalue weighted by Gasteiger charge is 2.56. The average molecular weight is 438 g/mol. The van der Waals surface area contributed by atoms with Gasteiger partial charge in [0.25, 0.3) is 5.91 Å².